The minimum atomic E-state index is -0.137. The summed E-state index contributed by atoms with van der Waals surface area (Å²) in [5, 5.41) is 11.9. The summed E-state index contributed by atoms with van der Waals surface area (Å²) >= 11 is 6.21. The maximum Gasteiger partial charge on any atom is 0.226 e. The first-order chi connectivity index (χ1) is 10.2. The molecule has 2 aromatic rings. The van der Waals surface area contributed by atoms with Gasteiger partial charge in [0.15, 0.2) is 0 Å². The van der Waals surface area contributed by atoms with Gasteiger partial charge >= 0.3 is 0 Å². The molecule has 0 unspecified atom stereocenters. The van der Waals surface area contributed by atoms with E-state index in [0.717, 1.165) is 60.5 Å². The number of amides is 1. The zero-order valence-corrected chi connectivity index (χ0v) is 12.4. The summed E-state index contributed by atoms with van der Waals surface area (Å²) in [6.45, 7) is 2.57. The van der Waals surface area contributed by atoms with Gasteiger partial charge in [-0.05, 0) is 31.4 Å². The highest BCUT2D eigenvalue weighted by Gasteiger charge is 2.44. The monoisotopic (exact) mass is 304 g/mol. The van der Waals surface area contributed by atoms with Gasteiger partial charge in [0.2, 0.25) is 5.91 Å². The number of carbonyl (C=O) groups is 1. The van der Waals surface area contributed by atoms with Gasteiger partial charge in [0.05, 0.1) is 22.8 Å². The van der Waals surface area contributed by atoms with E-state index in [-0.39, 0.29) is 11.3 Å². The Kier molecular flexibility index (Phi) is 2.85. The van der Waals surface area contributed by atoms with Crippen molar-refractivity contribution in [3.8, 4) is 0 Å². The van der Waals surface area contributed by atoms with E-state index in [4.69, 9.17) is 11.6 Å². The number of hydrogen-bond acceptors (Lipinski definition) is 3. The van der Waals surface area contributed by atoms with Gasteiger partial charge < -0.3 is 10.2 Å². The van der Waals surface area contributed by atoms with Crippen molar-refractivity contribution in [3.05, 3.63) is 23.4 Å². The van der Waals surface area contributed by atoms with Crippen LogP contribution >= 0.6 is 11.6 Å². The summed E-state index contributed by atoms with van der Waals surface area (Å²) in [4.78, 5) is 14.4. The molecule has 0 saturated carbocycles. The van der Waals surface area contributed by atoms with Crippen LogP contribution in [-0.4, -0.2) is 35.7 Å². The van der Waals surface area contributed by atoms with E-state index in [9.17, 15) is 4.79 Å². The van der Waals surface area contributed by atoms with Crippen molar-refractivity contribution in [1.82, 2.24) is 15.5 Å². The second-order valence-electron chi connectivity index (χ2n) is 6.03. The predicted molar refractivity (Wildman–Crippen MR) is 82.6 cm³/mol. The molecule has 0 bridgehead atoms. The Morgan fingerprint density at radius 1 is 1.24 bits per heavy atom. The number of hydrogen-bond donors (Lipinski definition) is 2. The van der Waals surface area contributed by atoms with Gasteiger partial charge in [-0.2, -0.15) is 5.10 Å². The van der Waals surface area contributed by atoms with Crippen molar-refractivity contribution < 1.29 is 4.79 Å². The van der Waals surface area contributed by atoms with E-state index in [2.05, 4.69) is 20.4 Å². The molecule has 2 aliphatic rings. The Morgan fingerprint density at radius 3 is 2.76 bits per heavy atom. The second kappa shape index (κ2) is 4.63. The summed E-state index contributed by atoms with van der Waals surface area (Å²) in [5.41, 5.74) is 1.97. The minimum absolute atomic E-state index is 0.137. The third-order valence-corrected chi connectivity index (χ3v) is 5.14. The molecule has 4 rings (SSSR count). The molecule has 6 heteroatoms. The fourth-order valence-corrected chi connectivity index (χ4v) is 3.84. The van der Waals surface area contributed by atoms with Crippen LogP contribution in [0.1, 0.15) is 19.3 Å². The number of halogens is 1. The first-order valence-corrected chi connectivity index (χ1v) is 7.72. The average Bonchev–Trinajstić information content (AvgIpc) is 3.07. The number of carbonyl (C=O) groups excluding carboxylic acids is 1. The van der Waals surface area contributed by atoms with Gasteiger partial charge in [-0.15, -0.1) is 0 Å². The van der Waals surface area contributed by atoms with E-state index in [1.165, 1.54) is 0 Å². The smallest absolute Gasteiger partial charge is 0.226 e. The number of nitrogens with zero attached hydrogens (tertiary/aromatic N) is 2. The maximum absolute atomic E-state index is 12.1. The normalized spacial score (nSPS) is 21.2. The Bertz CT molecular complexity index is 703. The number of benzene rings is 1. The Hall–Kier alpha value is -1.75. The lowest BCUT2D eigenvalue weighted by Gasteiger charge is -2.38. The molecule has 0 aliphatic carbocycles. The molecule has 0 radical (unpaired) electrons. The molecule has 110 valence electrons. The van der Waals surface area contributed by atoms with Gasteiger partial charge in [0, 0.05) is 30.0 Å². The lowest BCUT2D eigenvalue weighted by molar-refractivity contribution is -0.128. The lowest BCUT2D eigenvalue weighted by atomic mass is 9.77. The van der Waals surface area contributed by atoms with Crippen LogP contribution in [0, 0.1) is 5.41 Å². The van der Waals surface area contributed by atoms with Crippen LogP contribution in [0.2, 0.25) is 5.02 Å². The van der Waals surface area contributed by atoms with Crippen LogP contribution in [-0.2, 0) is 4.79 Å². The second-order valence-corrected chi connectivity index (χ2v) is 6.47. The Balaban J connectivity index is 1.63. The number of H-pyrrole nitrogens is 1. The Labute approximate surface area is 127 Å². The first kappa shape index (κ1) is 13.0. The number of piperidine rings is 1. The van der Waals surface area contributed by atoms with Crippen molar-refractivity contribution in [1.29, 1.82) is 0 Å². The highest BCUT2D eigenvalue weighted by atomic mass is 35.5. The van der Waals surface area contributed by atoms with Crippen LogP contribution in [0.4, 0.5) is 5.69 Å². The fourth-order valence-electron chi connectivity index (χ4n) is 3.62. The number of fused-ring (bicyclic) bond motifs is 1. The van der Waals surface area contributed by atoms with E-state index in [1.807, 2.05) is 12.1 Å². The molecule has 1 spiro atoms. The van der Waals surface area contributed by atoms with Gasteiger partial charge in [0.1, 0.15) is 0 Å². The quantitative estimate of drug-likeness (QED) is 0.850. The standard InChI is InChI=1S/C15H17ClN4O/c16-11-7-10-9-18-19-13(10)12(8-11)20-5-2-15(3-6-20)1-4-17-14(15)21/h7-9H,1-6H2,(H,17,21)(H,18,19). The van der Waals surface area contributed by atoms with Crippen LogP contribution in [0.5, 0.6) is 0 Å². The van der Waals surface area contributed by atoms with Crippen molar-refractivity contribution >= 4 is 34.1 Å². The lowest BCUT2D eigenvalue weighted by Crippen LogP contribution is -2.44. The molecule has 1 aromatic carbocycles. The van der Waals surface area contributed by atoms with E-state index >= 15 is 0 Å². The first-order valence-electron chi connectivity index (χ1n) is 7.34. The van der Waals surface area contributed by atoms with Gasteiger partial charge in [0.25, 0.3) is 0 Å². The van der Waals surface area contributed by atoms with Crippen LogP contribution < -0.4 is 10.2 Å². The molecule has 1 amide bonds. The number of rotatable bonds is 1. The third-order valence-electron chi connectivity index (χ3n) is 4.92. The van der Waals surface area contributed by atoms with E-state index in [1.54, 1.807) is 6.20 Å². The van der Waals surface area contributed by atoms with Crippen LogP contribution in [0.15, 0.2) is 18.3 Å². The predicted octanol–water partition coefficient (Wildman–Crippen LogP) is 2.32. The van der Waals surface area contributed by atoms with Gasteiger partial charge in [-0.25, -0.2) is 0 Å². The fraction of sp³-hybridized carbons (Fsp3) is 0.467. The summed E-state index contributed by atoms with van der Waals surface area (Å²) in [6, 6.07) is 3.90. The van der Waals surface area contributed by atoms with Crippen molar-refractivity contribution in [2.75, 3.05) is 24.5 Å². The largest absolute Gasteiger partial charge is 0.370 e. The maximum atomic E-state index is 12.1. The number of aromatic amines is 1. The molecule has 0 atom stereocenters. The Morgan fingerprint density at radius 2 is 2.05 bits per heavy atom. The summed E-state index contributed by atoms with van der Waals surface area (Å²) in [7, 11) is 0. The minimum Gasteiger partial charge on any atom is -0.370 e. The zero-order chi connectivity index (χ0) is 14.4. The number of anilines is 1. The van der Waals surface area contributed by atoms with Crippen molar-refractivity contribution in [3.63, 3.8) is 0 Å². The molecule has 21 heavy (non-hydrogen) atoms. The summed E-state index contributed by atoms with van der Waals surface area (Å²) < 4.78 is 0. The molecule has 2 N–H and O–H groups in total. The molecule has 2 aliphatic heterocycles. The molecule has 1 aromatic heterocycles. The molecule has 3 heterocycles. The topological polar surface area (TPSA) is 61.0 Å². The summed E-state index contributed by atoms with van der Waals surface area (Å²) in [6.07, 6.45) is 4.57. The van der Waals surface area contributed by atoms with Gasteiger partial charge in [-0.1, -0.05) is 11.6 Å². The van der Waals surface area contributed by atoms with Crippen molar-refractivity contribution in [2.24, 2.45) is 5.41 Å². The van der Waals surface area contributed by atoms with Crippen LogP contribution in [0.25, 0.3) is 10.9 Å². The van der Waals surface area contributed by atoms with Gasteiger partial charge in [-0.3, -0.25) is 9.89 Å². The SMILES string of the molecule is O=C1NCCC12CCN(c1cc(Cl)cc3cn[nH]c13)CC2. The summed E-state index contributed by atoms with van der Waals surface area (Å²) in [5.74, 6) is 0.236. The molecular weight excluding hydrogens is 288 g/mol. The molecule has 2 fully saturated rings. The molecule has 5 nitrogen and oxygen atoms in total. The third kappa shape index (κ3) is 1.99. The zero-order valence-electron chi connectivity index (χ0n) is 11.7. The van der Waals surface area contributed by atoms with E-state index < -0.39 is 0 Å². The number of aromatic nitrogens is 2. The van der Waals surface area contributed by atoms with Crippen molar-refractivity contribution in [2.45, 2.75) is 19.3 Å². The molecule has 2 saturated heterocycles. The highest BCUT2D eigenvalue weighted by Crippen LogP contribution is 2.40. The number of nitrogens with one attached hydrogen (secondary N) is 2. The highest BCUT2D eigenvalue weighted by molar-refractivity contribution is 6.31. The molecular formula is C15H17ClN4O. The van der Waals surface area contributed by atoms with E-state index in [0.29, 0.717) is 0 Å². The van der Waals surface area contributed by atoms with Crippen LogP contribution in [0.3, 0.4) is 0 Å². The average molecular weight is 305 g/mol.